The summed E-state index contributed by atoms with van der Waals surface area (Å²) in [5.41, 5.74) is 11.6. The number of rotatable bonds is 8. The number of sulfonamides is 1. The van der Waals surface area contributed by atoms with Crippen molar-refractivity contribution < 1.29 is 8.42 Å². The van der Waals surface area contributed by atoms with Gasteiger partial charge in [0.15, 0.2) is 0 Å². The lowest BCUT2D eigenvalue weighted by atomic mass is 9.97. The molecule has 2 heterocycles. The molecule has 0 amide bonds. The van der Waals surface area contributed by atoms with Crippen molar-refractivity contribution in [1.82, 2.24) is 9.62 Å². The topological polar surface area (TPSA) is 90.7 Å². The third kappa shape index (κ3) is 5.38. The second-order valence-electron chi connectivity index (χ2n) is 8.56. The monoisotopic (exact) mass is 443 g/mol. The van der Waals surface area contributed by atoms with Gasteiger partial charge in [0.25, 0.3) is 0 Å². The molecule has 1 saturated heterocycles. The van der Waals surface area contributed by atoms with Crippen molar-refractivity contribution in [2.75, 3.05) is 55.9 Å². The van der Waals surface area contributed by atoms with Crippen LogP contribution in [0.5, 0.6) is 0 Å². The molecule has 1 fully saturated rings. The van der Waals surface area contributed by atoms with Crippen molar-refractivity contribution in [1.29, 1.82) is 0 Å². The Morgan fingerprint density at radius 3 is 2.48 bits per heavy atom. The number of hydrogen-bond donors (Lipinski definition) is 3. The van der Waals surface area contributed by atoms with Crippen molar-refractivity contribution >= 4 is 21.4 Å². The van der Waals surface area contributed by atoms with Gasteiger partial charge >= 0.3 is 0 Å². The Kier molecular flexibility index (Phi) is 6.81. The van der Waals surface area contributed by atoms with Crippen LogP contribution < -0.4 is 21.3 Å². The molecule has 2 aromatic rings. The van der Waals surface area contributed by atoms with Gasteiger partial charge in [0, 0.05) is 39.3 Å². The molecule has 0 saturated carbocycles. The lowest BCUT2D eigenvalue weighted by molar-refractivity contribution is 0.277. The van der Waals surface area contributed by atoms with Crippen molar-refractivity contribution in [2.45, 2.75) is 19.4 Å². The lowest BCUT2D eigenvalue weighted by Gasteiger charge is -2.33. The average molecular weight is 444 g/mol. The third-order valence-electron chi connectivity index (χ3n) is 6.26. The number of nitrogens with zero attached hydrogens (tertiary/aromatic N) is 2. The summed E-state index contributed by atoms with van der Waals surface area (Å²) in [5, 5.41) is 6.81. The number of nitrogens with one attached hydrogen (secondary N) is 2. The van der Waals surface area contributed by atoms with Crippen molar-refractivity contribution in [3.63, 3.8) is 0 Å². The molecule has 0 atom stereocenters. The highest BCUT2D eigenvalue weighted by molar-refractivity contribution is 7.88. The quantitative estimate of drug-likeness (QED) is 0.542. The van der Waals surface area contributed by atoms with Gasteiger partial charge in [-0.15, -0.1) is 0 Å². The number of fused-ring (bicyclic) bond motifs is 1. The van der Waals surface area contributed by atoms with Crippen LogP contribution in [0.1, 0.15) is 18.4 Å². The van der Waals surface area contributed by atoms with E-state index in [-0.39, 0.29) is 0 Å². The van der Waals surface area contributed by atoms with E-state index in [0.29, 0.717) is 25.6 Å². The summed E-state index contributed by atoms with van der Waals surface area (Å²) in [5.74, 6) is 0.509. The fourth-order valence-electron chi connectivity index (χ4n) is 4.44. The highest BCUT2D eigenvalue weighted by Gasteiger charge is 2.28. The van der Waals surface area contributed by atoms with E-state index in [1.54, 1.807) is 4.31 Å². The summed E-state index contributed by atoms with van der Waals surface area (Å²) in [7, 11) is -3.07. The Bertz CT molecular complexity index is 986. The zero-order valence-electron chi connectivity index (χ0n) is 18.2. The normalized spacial score (nSPS) is 17.5. The molecular weight excluding hydrogens is 410 g/mol. The summed E-state index contributed by atoms with van der Waals surface area (Å²) in [4.78, 5) is 2.39. The molecular formula is C23H33N5O2S. The maximum absolute atomic E-state index is 11.8. The first-order valence-electron chi connectivity index (χ1n) is 11.0. The first-order valence-corrected chi connectivity index (χ1v) is 12.9. The first kappa shape index (κ1) is 22.1. The maximum atomic E-state index is 11.8. The van der Waals surface area contributed by atoms with Gasteiger partial charge in [-0.25, -0.2) is 12.7 Å². The van der Waals surface area contributed by atoms with Gasteiger partial charge in [-0.2, -0.15) is 0 Å². The zero-order chi connectivity index (χ0) is 21.8. The van der Waals surface area contributed by atoms with Crippen molar-refractivity contribution in [3.8, 4) is 11.1 Å². The SMILES string of the molecule is CS(=O)(=O)N1CCC(CN2CNc3ccc(-c4ccc(CNCCN)cc4)cc32)CC1. The Labute approximate surface area is 185 Å². The molecule has 0 aliphatic carbocycles. The Morgan fingerprint density at radius 1 is 1.10 bits per heavy atom. The molecule has 4 N–H and O–H groups in total. The van der Waals surface area contributed by atoms with E-state index in [0.717, 1.165) is 39.1 Å². The van der Waals surface area contributed by atoms with Gasteiger partial charge in [-0.1, -0.05) is 30.3 Å². The largest absolute Gasteiger partial charge is 0.366 e. The predicted octanol–water partition coefficient (Wildman–Crippen LogP) is 2.26. The van der Waals surface area contributed by atoms with E-state index < -0.39 is 10.0 Å². The lowest BCUT2D eigenvalue weighted by Crippen LogP contribution is -2.41. The van der Waals surface area contributed by atoms with Gasteiger partial charge in [0.05, 0.1) is 24.3 Å². The number of benzene rings is 2. The van der Waals surface area contributed by atoms with Gasteiger partial charge in [-0.3, -0.25) is 0 Å². The Hall–Kier alpha value is -2.13. The summed E-state index contributed by atoms with van der Waals surface area (Å²) in [6.07, 6.45) is 3.13. The van der Waals surface area contributed by atoms with Gasteiger partial charge in [-0.05, 0) is 47.6 Å². The molecule has 8 heteroatoms. The summed E-state index contributed by atoms with van der Waals surface area (Å²) < 4.78 is 25.1. The molecule has 7 nitrogen and oxygen atoms in total. The van der Waals surface area contributed by atoms with Gasteiger partial charge in [0.1, 0.15) is 0 Å². The summed E-state index contributed by atoms with van der Waals surface area (Å²) in [6.45, 7) is 5.31. The second-order valence-corrected chi connectivity index (χ2v) is 10.5. The number of hydrogen-bond acceptors (Lipinski definition) is 6. The van der Waals surface area contributed by atoms with Gasteiger partial charge < -0.3 is 21.3 Å². The minimum atomic E-state index is -3.07. The van der Waals surface area contributed by atoms with Gasteiger partial charge in [0.2, 0.25) is 10.0 Å². The molecule has 31 heavy (non-hydrogen) atoms. The Balaban J connectivity index is 1.41. The van der Waals surface area contributed by atoms with Crippen LogP contribution >= 0.6 is 0 Å². The van der Waals surface area contributed by atoms with E-state index in [1.807, 2.05) is 0 Å². The third-order valence-corrected chi connectivity index (χ3v) is 7.56. The van der Waals surface area contributed by atoms with E-state index in [1.165, 1.54) is 34.3 Å². The summed E-state index contributed by atoms with van der Waals surface area (Å²) >= 11 is 0. The molecule has 0 bridgehead atoms. The minimum Gasteiger partial charge on any atom is -0.366 e. The fraction of sp³-hybridized carbons (Fsp3) is 0.478. The fourth-order valence-corrected chi connectivity index (χ4v) is 5.31. The van der Waals surface area contributed by atoms with Crippen LogP contribution in [0.4, 0.5) is 11.4 Å². The molecule has 4 rings (SSSR count). The molecule has 2 aliphatic rings. The van der Waals surface area contributed by atoms with E-state index in [4.69, 9.17) is 5.73 Å². The van der Waals surface area contributed by atoms with Crippen molar-refractivity contribution in [3.05, 3.63) is 48.0 Å². The molecule has 0 spiro atoms. The van der Waals surface area contributed by atoms with Crippen molar-refractivity contribution in [2.24, 2.45) is 11.7 Å². The van der Waals surface area contributed by atoms with Crippen LogP contribution in [0.3, 0.4) is 0 Å². The molecule has 2 aromatic carbocycles. The van der Waals surface area contributed by atoms with Crippen LogP contribution in [-0.2, 0) is 16.6 Å². The first-order chi connectivity index (χ1) is 14.9. The molecule has 168 valence electrons. The van der Waals surface area contributed by atoms with Crippen LogP contribution in [0.25, 0.3) is 11.1 Å². The number of nitrogens with two attached hydrogens (primary N) is 1. The highest BCUT2D eigenvalue weighted by Crippen LogP contribution is 2.36. The van der Waals surface area contributed by atoms with Crippen LogP contribution in [0.15, 0.2) is 42.5 Å². The van der Waals surface area contributed by atoms with E-state index >= 15 is 0 Å². The Morgan fingerprint density at radius 2 is 1.81 bits per heavy atom. The number of anilines is 2. The van der Waals surface area contributed by atoms with Crippen LogP contribution in [0.2, 0.25) is 0 Å². The summed E-state index contributed by atoms with van der Waals surface area (Å²) in [6, 6.07) is 15.3. The predicted molar refractivity (Wildman–Crippen MR) is 128 cm³/mol. The van der Waals surface area contributed by atoms with E-state index in [2.05, 4.69) is 58.0 Å². The second kappa shape index (κ2) is 9.56. The molecule has 0 radical (unpaired) electrons. The minimum absolute atomic E-state index is 0.509. The molecule has 0 unspecified atom stereocenters. The smallest absolute Gasteiger partial charge is 0.211 e. The van der Waals surface area contributed by atoms with Crippen LogP contribution in [0, 0.1) is 5.92 Å². The highest BCUT2D eigenvalue weighted by atomic mass is 32.2. The zero-order valence-corrected chi connectivity index (χ0v) is 19.0. The molecule has 2 aliphatic heterocycles. The standard InChI is InChI=1S/C23H33N5O2S/c1-31(29,30)28-12-8-19(9-13-28)16-27-17-26-22-7-6-21(14-23(22)27)20-4-2-18(3-5-20)15-25-11-10-24/h2-7,14,19,25-26H,8-13,15-17,24H2,1H3. The van der Waals surface area contributed by atoms with Crippen LogP contribution in [-0.4, -0.2) is 58.4 Å². The van der Waals surface area contributed by atoms with E-state index in [9.17, 15) is 8.42 Å². The maximum Gasteiger partial charge on any atom is 0.211 e. The number of piperidine rings is 1. The average Bonchev–Trinajstić information content (AvgIpc) is 3.16. The molecule has 0 aromatic heterocycles.